The van der Waals surface area contributed by atoms with Crippen molar-refractivity contribution < 1.29 is 22.3 Å². The fourth-order valence-electron chi connectivity index (χ4n) is 1.75. The average molecular weight is 307 g/mol. The zero-order chi connectivity index (χ0) is 15.6. The van der Waals surface area contributed by atoms with Gasteiger partial charge in [-0.2, -0.15) is 0 Å². The molecule has 1 aromatic carbocycles. The molecule has 0 spiro atoms. The van der Waals surface area contributed by atoms with Gasteiger partial charge in [0.2, 0.25) is 10.0 Å². The molecule has 2 N–H and O–H groups in total. The fraction of sp³-hybridized carbons (Fsp3) is 0.538. The van der Waals surface area contributed by atoms with Crippen LogP contribution in [0.5, 0.6) is 0 Å². The summed E-state index contributed by atoms with van der Waals surface area (Å²) < 4.78 is 52.2. The molecular formula is C13H19F2NO3S. The third kappa shape index (κ3) is 5.15. The zero-order valence-electron chi connectivity index (χ0n) is 11.7. The second-order valence-corrected chi connectivity index (χ2v) is 7.58. The average Bonchev–Trinajstić information content (AvgIpc) is 2.27. The minimum Gasteiger partial charge on any atom is -0.392 e. The van der Waals surface area contributed by atoms with Gasteiger partial charge in [0.05, 0.1) is 6.10 Å². The Morgan fingerprint density at radius 3 is 2.45 bits per heavy atom. The fourth-order valence-corrected chi connectivity index (χ4v) is 2.91. The van der Waals surface area contributed by atoms with E-state index in [1.54, 1.807) is 0 Å². The number of hydrogen-bond acceptors (Lipinski definition) is 3. The van der Waals surface area contributed by atoms with Gasteiger partial charge in [0.1, 0.15) is 16.5 Å². The van der Waals surface area contributed by atoms with Crippen LogP contribution < -0.4 is 4.72 Å². The maximum atomic E-state index is 13.4. The van der Waals surface area contributed by atoms with Crippen molar-refractivity contribution in [3.63, 3.8) is 0 Å². The smallest absolute Gasteiger partial charge is 0.243 e. The van der Waals surface area contributed by atoms with Gasteiger partial charge in [0.25, 0.3) is 0 Å². The van der Waals surface area contributed by atoms with Crippen LogP contribution in [0.2, 0.25) is 0 Å². The number of nitrogens with one attached hydrogen (secondary N) is 1. The summed E-state index contributed by atoms with van der Waals surface area (Å²) in [6.07, 6.45) is -0.525. The van der Waals surface area contributed by atoms with Crippen LogP contribution in [-0.2, 0) is 10.0 Å². The quantitative estimate of drug-likeness (QED) is 0.875. The van der Waals surface area contributed by atoms with E-state index in [4.69, 9.17) is 0 Å². The van der Waals surface area contributed by atoms with Crippen LogP contribution in [0.3, 0.4) is 0 Å². The van der Waals surface area contributed by atoms with Crippen molar-refractivity contribution in [1.29, 1.82) is 0 Å². The minimum absolute atomic E-state index is 0.172. The molecule has 0 fully saturated rings. The highest BCUT2D eigenvalue weighted by molar-refractivity contribution is 7.89. The summed E-state index contributed by atoms with van der Waals surface area (Å²) in [5, 5.41) is 9.72. The maximum absolute atomic E-state index is 13.4. The Hall–Kier alpha value is -1.05. The SMILES string of the molecule is CC(C)(C)CC(O)CNS(=O)(=O)c1cc(F)ccc1F. The molecule has 0 bridgehead atoms. The topological polar surface area (TPSA) is 66.4 Å². The number of aliphatic hydroxyl groups excluding tert-OH is 1. The van der Waals surface area contributed by atoms with Crippen LogP contribution in [-0.4, -0.2) is 26.2 Å². The lowest BCUT2D eigenvalue weighted by Crippen LogP contribution is -2.34. The Labute approximate surface area is 117 Å². The van der Waals surface area contributed by atoms with Crippen molar-refractivity contribution in [3.05, 3.63) is 29.8 Å². The molecule has 7 heteroatoms. The summed E-state index contributed by atoms with van der Waals surface area (Å²) in [7, 11) is -4.19. The van der Waals surface area contributed by atoms with E-state index in [1.807, 2.05) is 20.8 Å². The molecular weight excluding hydrogens is 288 g/mol. The Balaban J connectivity index is 2.78. The van der Waals surface area contributed by atoms with Crippen LogP contribution in [0.1, 0.15) is 27.2 Å². The van der Waals surface area contributed by atoms with E-state index in [1.165, 1.54) is 0 Å². The highest BCUT2D eigenvalue weighted by Gasteiger charge is 2.22. The molecule has 114 valence electrons. The lowest BCUT2D eigenvalue weighted by Gasteiger charge is -2.22. The molecule has 20 heavy (non-hydrogen) atoms. The Kier molecular flexibility index (Phi) is 5.23. The molecule has 1 atom stereocenters. The highest BCUT2D eigenvalue weighted by Crippen LogP contribution is 2.21. The summed E-state index contributed by atoms with van der Waals surface area (Å²) in [6, 6.07) is 2.19. The van der Waals surface area contributed by atoms with Crippen molar-refractivity contribution in [2.75, 3.05) is 6.54 Å². The summed E-state index contributed by atoms with van der Waals surface area (Å²) in [6.45, 7) is 5.44. The van der Waals surface area contributed by atoms with Gasteiger partial charge in [-0.05, 0) is 30.0 Å². The molecule has 0 amide bonds. The zero-order valence-corrected chi connectivity index (χ0v) is 12.5. The van der Waals surface area contributed by atoms with Crippen LogP contribution in [0, 0.1) is 17.0 Å². The normalized spacial score (nSPS) is 14.3. The van der Waals surface area contributed by atoms with E-state index in [-0.39, 0.29) is 12.0 Å². The highest BCUT2D eigenvalue weighted by atomic mass is 32.2. The van der Waals surface area contributed by atoms with Gasteiger partial charge < -0.3 is 5.11 Å². The van der Waals surface area contributed by atoms with E-state index in [0.717, 1.165) is 12.1 Å². The molecule has 0 radical (unpaired) electrons. The van der Waals surface area contributed by atoms with Gasteiger partial charge in [-0.25, -0.2) is 21.9 Å². The number of benzene rings is 1. The first-order valence-corrected chi connectivity index (χ1v) is 7.62. The molecule has 0 aliphatic rings. The van der Waals surface area contributed by atoms with Gasteiger partial charge in [0, 0.05) is 6.54 Å². The monoisotopic (exact) mass is 307 g/mol. The molecule has 0 aliphatic heterocycles. The van der Waals surface area contributed by atoms with E-state index >= 15 is 0 Å². The third-order valence-corrected chi connectivity index (χ3v) is 3.98. The van der Waals surface area contributed by atoms with Crippen molar-refractivity contribution in [1.82, 2.24) is 4.72 Å². The molecule has 1 unspecified atom stereocenters. The van der Waals surface area contributed by atoms with Gasteiger partial charge >= 0.3 is 0 Å². The lowest BCUT2D eigenvalue weighted by atomic mass is 9.89. The Morgan fingerprint density at radius 1 is 1.30 bits per heavy atom. The predicted molar refractivity (Wildman–Crippen MR) is 71.6 cm³/mol. The third-order valence-electron chi connectivity index (χ3n) is 2.54. The summed E-state index contributed by atoms with van der Waals surface area (Å²) in [5.74, 6) is -1.88. The molecule has 1 aromatic rings. The molecule has 4 nitrogen and oxygen atoms in total. The molecule has 0 saturated carbocycles. The number of rotatable bonds is 5. The van der Waals surface area contributed by atoms with Gasteiger partial charge in [-0.1, -0.05) is 20.8 Å². The first-order valence-electron chi connectivity index (χ1n) is 6.14. The minimum atomic E-state index is -4.19. The van der Waals surface area contributed by atoms with E-state index in [2.05, 4.69) is 4.72 Å². The van der Waals surface area contributed by atoms with Gasteiger partial charge in [0.15, 0.2) is 0 Å². The second-order valence-electron chi connectivity index (χ2n) is 5.85. The molecule has 0 saturated heterocycles. The molecule has 1 rings (SSSR count). The largest absolute Gasteiger partial charge is 0.392 e. The summed E-state index contributed by atoms with van der Waals surface area (Å²) in [5.41, 5.74) is -0.172. The van der Waals surface area contributed by atoms with E-state index < -0.39 is 32.7 Å². The molecule has 0 heterocycles. The maximum Gasteiger partial charge on any atom is 0.243 e. The van der Waals surface area contributed by atoms with Gasteiger partial charge in [-0.3, -0.25) is 0 Å². The molecule has 0 aromatic heterocycles. The van der Waals surface area contributed by atoms with Crippen LogP contribution in [0.4, 0.5) is 8.78 Å². The lowest BCUT2D eigenvalue weighted by molar-refractivity contribution is 0.125. The number of halogens is 2. The van der Waals surface area contributed by atoms with Crippen molar-refractivity contribution in [2.45, 2.75) is 38.2 Å². The van der Waals surface area contributed by atoms with Crippen LogP contribution in [0.15, 0.2) is 23.1 Å². The second kappa shape index (κ2) is 6.15. The van der Waals surface area contributed by atoms with Crippen molar-refractivity contribution >= 4 is 10.0 Å². The van der Waals surface area contributed by atoms with Crippen molar-refractivity contribution in [2.24, 2.45) is 5.41 Å². The first kappa shape index (κ1) is 17.0. The first-order chi connectivity index (χ1) is 9.01. The standard InChI is InChI=1S/C13H19F2NO3S/c1-13(2,3)7-10(17)8-16-20(18,19)12-6-9(14)4-5-11(12)15/h4-6,10,16-17H,7-8H2,1-3H3. The van der Waals surface area contributed by atoms with Gasteiger partial charge in [-0.15, -0.1) is 0 Å². The Morgan fingerprint density at radius 2 is 1.90 bits per heavy atom. The Bertz CT molecular complexity index is 567. The predicted octanol–water partition coefficient (Wildman–Crippen LogP) is 2.04. The van der Waals surface area contributed by atoms with E-state index in [9.17, 15) is 22.3 Å². The van der Waals surface area contributed by atoms with E-state index in [0.29, 0.717) is 12.5 Å². The summed E-state index contributed by atoms with van der Waals surface area (Å²) in [4.78, 5) is -0.763. The van der Waals surface area contributed by atoms with Crippen molar-refractivity contribution in [3.8, 4) is 0 Å². The number of aliphatic hydroxyl groups is 1. The summed E-state index contributed by atoms with van der Waals surface area (Å²) >= 11 is 0. The molecule has 0 aliphatic carbocycles. The number of hydrogen-bond donors (Lipinski definition) is 2. The van der Waals surface area contributed by atoms with Crippen LogP contribution in [0.25, 0.3) is 0 Å². The number of sulfonamides is 1. The van der Waals surface area contributed by atoms with Crippen LogP contribution >= 0.6 is 0 Å².